The number of amides is 2. The third-order valence-electron chi connectivity index (χ3n) is 7.41. The van der Waals surface area contributed by atoms with E-state index in [2.05, 4.69) is 5.32 Å². The number of rotatable bonds is 15. The van der Waals surface area contributed by atoms with Crippen molar-refractivity contribution in [3.05, 3.63) is 95.1 Å². The lowest BCUT2D eigenvalue weighted by Gasteiger charge is -2.33. The van der Waals surface area contributed by atoms with Crippen LogP contribution in [-0.4, -0.2) is 57.1 Å². The molecule has 2 atom stereocenters. The molecule has 0 aliphatic carbocycles. The molecular formula is C34H45N3O5S. The number of nitrogens with zero attached hydrogens (tertiary/aromatic N) is 2. The fraction of sp³-hybridized carbons (Fsp3) is 0.412. The molecular weight excluding hydrogens is 562 g/mol. The summed E-state index contributed by atoms with van der Waals surface area (Å²) in [6.45, 7) is 8.14. The lowest BCUT2D eigenvalue weighted by molar-refractivity contribution is -0.141. The molecule has 3 aromatic carbocycles. The molecule has 0 saturated carbocycles. The van der Waals surface area contributed by atoms with E-state index in [1.165, 1.54) is 10.6 Å². The fourth-order valence-electron chi connectivity index (χ4n) is 5.06. The molecule has 0 bridgehead atoms. The number of nitrogens with one attached hydrogen (secondary N) is 1. The average Bonchev–Trinajstić information content (AvgIpc) is 2.96. The van der Waals surface area contributed by atoms with Crippen LogP contribution in [0.2, 0.25) is 0 Å². The molecule has 2 amide bonds. The third-order valence-corrected chi connectivity index (χ3v) is 8.60. The first-order valence-corrected chi connectivity index (χ1v) is 16.6. The number of aryl methyl sites for hydroxylation is 2. The summed E-state index contributed by atoms with van der Waals surface area (Å²) in [6.07, 6.45) is 2.64. The molecule has 1 N–H and O–H groups in total. The van der Waals surface area contributed by atoms with Gasteiger partial charge in [0.2, 0.25) is 21.8 Å². The van der Waals surface area contributed by atoms with Crippen molar-refractivity contribution in [2.45, 2.75) is 72.0 Å². The van der Waals surface area contributed by atoms with Gasteiger partial charge in [0.15, 0.2) is 0 Å². The molecule has 0 aliphatic heterocycles. The van der Waals surface area contributed by atoms with Crippen molar-refractivity contribution in [1.82, 2.24) is 10.2 Å². The zero-order valence-electron chi connectivity index (χ0n) is 26.2. The van der Waals surface area contributed by atoms with E-state index in [1.54, 1.807) is 12.0 Å². The first kappa shape index (κ1) is 33.6. The first-order valence-electron chi connectivity index (χ1n) is 14.7. The zero-order valence-corrected chi connectivity index (χ0v) is 27.0. The van der Waals surface area contributed by atoms with Gasteiger partial charge in [0.25, 0.3) is 0 Å². The summed E-state index contributed by atoms with van der Waals surface area (Å²) in [5, 5.41) is 3.07. The largest absolute Gasteiger partial charge is 0.497 e. The van der Waals surface area contributed by atoms with Crippen molar-refractivity contribution < 1.29 is 22.7 Å². The Hall–Kier alpha value is -3.85. The Morgan fingerprint density at radius 3 is 2.19 bits per heavy atom. The van der Waals surface area contributed by atoms with Gasteiger partial charge >= 0.3 is 0 Å². The number of hydrogen-bond acceptors (Lipinski definition) is 5. The summed E-state index contributed by atoms with van der Waals surface area (Å²) in [5.41, 5.74) is 4.26. The number of carbonyl (C=O) groups excluding carboxylic acids is 2. The fourth-order valence-corrected chi connectivity index (χ4v) is 6.01. The smallest absolute Gasteiger partial charge is 0.243 e. The van der Waals surface area contributed by atoms with Crippen molar-refractivity contribution in [3.8, 4) is 5.75 Å². The summed E-state index contributed by atoms with van der Waals surface area (Å²) in [7, 11) is -2.00. The number of ether oxygens (including phenoxy) is 1. The van der Waals surface area contributed by atoms with Crippen LogP contribution in [0.1, 0.15) is 55.4 Å². The molecule has 3 aromatic rings. The highest BCUT2D eigenvalue weighted by Gasteiger charge is 2.31. The van der Waals surface area contributed by atoms with Crippen LogP contribution in [0.25, 0.3) is 0 Å². The molecule has 0 saturated heterocycles. The summed E-state index contributed by atoms with van der Waals surface area (Å²) in [5.74, 6) is 0.213. The molecule has 9 heteroatoms. The van der Waals surface area contributed by atoms with Crippen LogP contribution in [0, 0.1) is 13.8 Å². The van der Waals surface area contributed by atoms with E-state index in [4.69, 9.17) is 4.74 Å². The molecule has 0 unspecified atom stereocenters. The molecule has 232 valence electrons. The molecule has 3 rings (SSSR count). The quantitative estimate of drug-likeness (QED) is 0.249. The van der Waals surface area contributed by atoms with Crippen LogP contribution in [0.5, 0.6) is 5.75 Å². The van der Waals surface area contributed by atoms with Crippen molar-refractivity contribution in [2.24, 2.45) is 0 Å². The van der Waals surface area contributed by atoms with Gasteiger partial charge in [-0.3, -0.25) is 13.9 Å². The summed E-state index contributed by atoms with van der Waals surface area (Å²) < 4.78 is 32.3. The van der Waals surface area contributed by atoms with Gasteiger partial charge in [0.05, 0.1) is 19.1 Å². The number of hydrogen-bond donors (Lipinski definition) is 1. The average molecular weight is 608 g/mol. The van der Waals surface area contributed by atoms with E-state index in [-0.39, 0.29) is 37.4 Å². The molecule has 0 heterocycles. The maximum atomic E-state index is 14.0. The Kier molecular flexibility index (Phi) is 12.2. The van der Waals surface area contributed by atoms with Crippen LogP contribution < -0.4 is 14.4 Å². The minimum absolute atomic E-state index is 0.0550. The molecule has 0 spiro atoms. The van der Waals surface area contributed by atoms with Gasteiger partial charge in [-0.2, -0.15) is 0 Å². The highest BCUT2D eigenvalue weighted by Crippen LogP contribution is 2.23. The summed E-state index contributed by atoms with van der Waals surface area (Å²) in [6, 6.07) is 21.9. The van der Waals surface area contributed by atoms with E-state index in [1.807, 2.05) is 100 Å². The van der Waals surface area contributed by atoms with Gasteiger partial charge < -0.3 is 15.0 Å². The van der Waals surface area contributed by atoms with Crippen molar-refractivity contribution in [1.29, 1.82) is 0 Å². The second-order valence-electron chi connectivity index (χ2n) is 11.2. The number of carbonyl (C=O) groups is 2. The summed E-state index contributed by atoms with van der Waals surface area (Å²) >= 11 is 0. The Morgan fingerprint density at radius 2 is 1.58 bits per heavy atom. The van der Waals surface area contributed by atoms with Crippen LogP contribution >= 0.6 is 0 Å². The van der Waals surface area contributed by atoms with Gasteiger partial charge in [0.1, 0.15) is 11.8 Å². The van der Waals surface area contributed by atoms with Crippen LogP contribution in [-0.2, 0) is 32.6 Å². The number of anilines is 1. The molecule has 8 nitrogen and oxygen atoms in total. The second kappa shape index (κ2) is 15.6. The minimum atomic E-state index is -3.58. The monoisotopic (exact) mass is 607 g/mol. The lowest BCUT2D eigenvalue weighted by atomic mass is 10.0. The van der Waals surface area contributed by atoms with Gasteiger partial charge in [-0.25, -0.2) is 8.42 Å². The van der Waals surface area contributed by atoms with Crippen LogP contribution in [0.15, 0.2) is 72.8 Å². The Balaban J connectivity index is 1.92. The Bertz CT molecular complexity index is 1460. The van der Waals surface area contributed by atoms with Gasteiger partial charge in [-0.1, -0.05) is 55.5 Å². The topological polar surface area (TPSA) is 96.0 Å². The lowest BCUT2D eigenvalue weighted by Crippen LogP contribution is -2.52. The number of benzene rings is 3. The molecule has 43 heavy (non-hydrogen) atoms. The minimum Gasteiger partial charge on any atom is -0.497 e. The van der Waals surface area contributed by atoms with Gasteiger partial charge in [0, 0.05) is 32.0 Å². The van der Waals surface area contributed by atoms with Gasteiger partial charge in [-0.05, 0) is 80.1 Å². The van der Waals surface area contributed by atoms with Gasteiger partial charge in [-0.15, -0.1) is 0 Å². The first-order chi connectivity index (χ1) is 20.4. The predicted octanol–water partition coefficient (Wildman–Crippen LogP) is 5.41. The highest BCUT2D eigenvalue weighted by molar-refractivity contribution is 7.92. The molecule has 0 aromatic heterocycles. The molecule has 0 radical (unpaired) electrons. The molecule has 0 aliphatic rings. The third kappa shape index (κ3) is 10.1. The van der Waals surface area contributed by atoms with E-state index in [9.17, 15) is 18.0 Å². The normalized spacial score (nSPS) is 12.7. The van der Waals surface area contributed by atoms with Crippen molar-refractivity contribution in [3.63, 3.8) is 0 Å². The van der Waals surface area contributed by atoms with E-state index in [0.29, 0.717) is 24.3 Å². The number of methoxy groups -OCH3 is 1. The summed E-state index contributed by atoms with van der Waals surface area (Å²) in [4.78, 5) is 29.4. The van der Waals surface area contributed by atoms with E-state index < -0.39 is 16.1 Å². The second-order valence-corrected chi connectivity index (χ2v) is 13.1. The van der Waals surface area contributed by atoms with Crippen molar-refractivity contribution >= 4 is 27.5 Å². The van der Waals surface area contributed by atoms with E-state index >= 15 is 0 Å². The highest BCUT2D eigenvalue weighted by atomic mass is 32.2. The van der Waals surface area contributed by atoms with Crippen LogP contribution in [0.3, 0.4) is 0 Å². The van der Waals surface area contributed by atoms with Crippen molar-refractivity contribution in [2.75, 3.05) is 24.2 Å². The van der Waals surface area contributed by atoms with Crippen LogP contribution in [0.4, 0.5) is 5.69 Å². The standard InChI is InChI=1S/C34H45N3O5S/c1-7-27(4)35-34(39)32(23-28-13-9-8-10-14-28)36(24-29-15-11-16-31(22-29)42-5)33(38)17-12-18-37(43(6,40)41)30-20-25(2)19-26(3)21-30/h8-11,13-16,19-22,27,32H,7,12,17-18,23-24H2,1-6H3,(H,35,39)/t27-,32-/m0/s1. The SMILES string of the molecule is CC[C@H](C)NC(=O)[C@H](Cc1ccccc1)N(Cc1cccc(OC)c1)C(=O)CCCN(c1cc(C)cc(C)c1)S(C)(=O)=O. The Morgan fingerprint density at radius 1 is 0.930 bits per heavy atom. The Labute approximate surface area is 257 Å². The van der Waals surface area contributed by atoms with E-state index in [0.717, 1.165) is 28.7 Å². The maximum Gasteiger partial charge on any atom is 0.243 e. The predicted molar refractivity (Wildman–Crippen MR) is 173 cm³/mol. The zero-order chi connectivity index (χ0) is 31.6. The number of sulfonamides is 1. The molecule has 0 fully saturated rings. The maximum absolute atomic E-state index is 14.0.